The second-order valence-corrected chi connectivity index (χ2v) is 13.4. The molecule has 1 amide bonds. The topological polar surface area (TPSA) is 113 Å². The fraction of sp³-hybridized carbons (Fsp3) is 0.0357. The van der Waals surface area contributed by atoms with E-state index in [4.69, 9.17) is 0 Å². The number of hydrogen-bond acceptors (Lipinski definition) is 6. The van der Waals surface area contributed by atoms with Crippen molar-refractivity contribution in [2.75, 3.05) is 21.4 Å². The standard InChI is InChI=1S/C28H23N3O5S3/c1-31(39(35,36)27-10-5-19-37-27)23-15-11-21(12-16-23)28(32)29-22-13-17-24(18-14-22)38(33,34)30-26-9-4-7-20-6-2-3-8-25(20)26/h2-19,30H,1H3,(H,29,32). The maximum absolute atomic E-state index is 13.0. The van der Waals surface area contributed by atoms with Gasteiger partial charge in [-0.3, -0.25) is 13.8 Å². The lowest BCUT2D eigenvalue weighted by molar-refractivity contribution is 0.102. The molecule has 1 heterocycles. The van der Waals surface area contributed by atoms with Crippen molar-refractivity contribution in [3.8, 4) is 0 Å². The first-order valence-electron chi connectivity index (χ1n) is 11.7. The van der Waals surface area contributed by atoms with Crippen LogP contribution >= 0.6 is 11.3 Å². The van der Waals surface area contributed by atoms with Crippen molar-refractivity contribution in [2.45, 2.75) is 9.10 Å². The Labute approximate surface area is 230 Å². The van der Waals surface area contributed by atoms with Gasteiger partial charge >= 0.3 is 0 Å². The number of amides is 1. The van der Waals surface area contributed by atoms with Crippen molar-refractivity contribution in [3.63, 3.8) is 0 Å². The second kappa shape index (κ2) is 10.5. The quantitative estimate of drug-likeness (QED) is 0.243. The molecule has 0 saturated carbocycles. The molecule has 2 N–H and O–H groups in total. The van der Waals surface area contributed by atoms with E-state index in [2.05, 4.69) is 10.0 Å². The number of carbonyl (C=O) groups excluding carboxylic acids is 1. The number of rotatable bonds is 8. The lowest BCUT2D eigenvalue weighted by Crippen LogP contribution is -2.25. The zero-order valence-electron chi connectivity index (χ0n) is 20.6. The lowest BCUT2D eigenvalue weighted by Gasteiger charge is -2.18. The highest BCUT2D eigenvalue weighted by molar-refractivity contribution is 7.94. The Morgan fingerprint density at radius 3 is 2.15 bits per heavy atom. The number of benzene rings is 4. The van der Waals surface area contributed by atoms with E-state index in [1.54, 1.807) is 35.7 Å². The predicted octanol–water partition coefficient (Wildman–Crippen LogP) is 5.78. The van der Waals surface area contributed by atoms with Gasteiger partial charge in [0, 0.05) is 23.7 Å². The van der Waals surface area contributed by atoms with Gasteiger partial charge in [-0.2, -0.15) is 0 Å². The van der Waals surface area contributed by atoms with Crippen LogP contribution in [-0.4, -0.2) is 29.8 Å². The van der Waals surface area contributed by atoms with Crippen molar-refractivity contribution in [3.05, 3.63) is 114 Å². The molecule has 8 nitrogen and oxygen atoms in total. The number of nitrogens with one attached hydrogen (secondary N) is 2. The molecule has 11 heteroatoms. The first kappa shape index (κ1) is 26.4. The van der Waals surface area contributed by atoms with Crippen LogP contribution in [0, 0.1) is 0 Å². The molecule has 0 saturated heterocycles. The fourth-order valence-electron chi connectivity index (χ4n) is 3.95. The molecule has 0 radical (unpaired) electrons. The average Bonchev–Trinajstić information content (AvgIpc) is 3.49. The Balaban J connectivity index is 1.27. The summed E-state index contributed by atoms with van der Waals surface area (Å²) in [4.78, 5) is 12.8. The van der Waals surface area contributed by atoms with Gasteiger partial charge in [-0.15, -0.1) is 11.3 Å². The van der Waals surface area contributed by atoms with Gasteiger partial charge in [-0.05, 0) is 71.4 Å². The molecular weight excluding hydrogens is 555 g/mol. The van der Waals surface area contributed by atoms with Gasteiger partial charge in [0.05, 0.1) is 16.3 Å². The van der Waals surface area contributed by atoms with Crippen LogP contribution in [0.3, 0.4) is 0 Å². The Kier molecular flexibility index (Phi) is 7.13. The predicted molar refractivity (Wildman–Crippen MR) is 156 cm³/mol. The van der Waals surface area contributed by atoms with Crippen molar-refractivity contribution in [2.24, 2.45) is 0 Å². The highest BCUT2D eigenvalue weighted by Gasteiger charge is 2.22. The first-order chi connectivity index (χ1) is 18.6. The van der Waals surface area contributed by atoms with Gasteiger partial charge in [0.25, 0.3) is 26.0 Å². The van der Waals surface area contributed by atoms with E-state index < -0.39 is 26.0 Å². The molecule has 0 fully saturated rings. The minimum atomic E-state index is -3.86. The zero-order chi connectivity index (χ0) is 27.6. The molecule has 5 aromatic rings. The van der Waals surface area contributed by atoms with E-state index >= 15 is 0 Å². The van der Waals surface area contributed by atoms with Crippen LogP contribution < -0.4 is 14.3 Å². The summed E-state index contributed by atoms with van der Waals surface area (Å²) in [6.07, 6.45) is 0. The molecule has 1 aromatic heterocycles. The average molecular weight is 578 g/mol. The molecule has 198 valence electrons. The summed E-state index contributed by atoms with van der Waals surface area (Å²) in [7, 11) is -6.09. The van der Waals surface area contributed by atoms with E-state index in [9.17, 15) is 21.6 Å². The SMILES string of the molecule is CN(c1ccc(C(=O)Nc2ccc(S(=O)(=O)Nc3cccc4ccccc34)cc2)cc1)S(=O)(=O)c1cccs1. The van der Waals surface area contributed by atoms with Gasteiger partial charge in [0.2, 0.25) is 0 Å². The Morgan fingerprint density at radius 2 is 1.46 bits per heavy atom. The number of hydrogen-bond donors (Lipinski definition) is 2. The Bertz CT molecular complexity index is 1850. The molecule has 4 aromatic carbocycles. The Morgan fingerprint density at radius 1 is 0.769 bits per heavy atom. The minimum Gasteiger partial charge on any atom is -0.322 e. The number of nitrogens with zero attached hydrogens (tertiary/aromatic N) is 1. The Hall–Kier alpha value is -4.19. The molecule has 0 aliphatic rings. The summed E-state index contributed by atoms with van der Waals surface area (Å²) >= 11 is 1.13. The first-order valence-corrected chi connectivity index (χ1v) is 15.5. The van der Waals surface area contributed by atoms with Gasteiger partial charge in [0.15, 0.2) is 0 Å². The molecule has 0 atom stereocenters. The largest absolute Gasteiger partial charge is 0.322 e. The maximum atomic E-state index is 13.0. The number of fused-ring (bicyclic) bond motifs is 1. The maximum Gasteiger partial charge on any atom is 0.273 e. The number of carbonyl (C=O) groups is 1. The van der Waals surface area contributed by atoms with Gasteiger partial charge in [-0.25, -0.2) is 16.8 Å². The normalized spacial score (nSPS) is 11.7. The molecule has 39 heavy (non-hydrogen) atoms. The van der Waals surface area contributed by atoms with E-state index in [0.29, 0.717) is 22.6 Å². The molecule has 0 aliphatic heterocycles. The molecule has 0 unspecified atom stereocenters. The van der Waals surface area contributed by atoms with Crippen molar-refractivity contribution in [1.29, 1.82) is 0 Å². The smallest absolute Gasteiger partial charge is 0.273 e. The summed E-state index contributed by atoms with van der Waals surface area (Å²) in [5.41, 5.74) is 1.61. The van der Waals surface area contributed by atoms with Crippen LogP contribution in [0.25, 0.3) is 10.8 Å². The van der Waals surface area contributed by atoms with E-state index in [0.717, 1.165) is 26.4 Å². The van der Waals surface area contributed by atoms with Crippen LogP contribution in [0.2, 0.25) is 0 Å². The van der Waals surface area contributed by atoms with Gasteiger partial charge in [0.1, 0.15) is 4.21 Å². The zero-order valence-corrected chi connectivity index (χ0v) is 23.1. The number of thiophene rings is 1. The summed E-state index contributed by atoms with van der Waals surface area (Å²) in [5, 5.41) is 6.12. The van der Waals surface area contributed by atoms with Crippen LogP contribution in [-0.2, 0) is 20.0 Å². The van der Waals surface area contributed by atoms with E-state index in [-0.39, 0.29) is 9.10 Å². The van der Waals surface area contributed by atoms with Crippen LogP contribution in [0.5, 0.6) is 0 Å². The third kappa shape index (κ3) is 5.51. The lowest BCUT2D eigenvalue weighted by atomic mass is 10.1. The highest BCUT2D eigenvalue weighted by atomic mass is 32.2. The van der Waals surface area contributed by atoms with Gasteiger partial charge < -0.3 is 5.32 Å². The number of sulfonamides is 2. The molecule has 0 spiro atoms. The summed E-state index contributed by atoms with van der Waals surface area (Å²) in [6.45, 7) is 0. The summed E-state index contributed by atoms with van der Waals surface area (Å²) in [6, 6.07) is 28.1. The fourth-order valence-corrected chi connectivity index (χ4v) is 7.38. The van der Waals surface area contributed by atoms with E-state index in [1.807, 2.05) is 30.3 Å². The minimum absolute atomic E-state index is 0.0489. The second-order valence-electron chi connectivity index (χ2n) is 8.56. The van der Waals surface area contributed by atoms with Gasteiger partial charge in [-0.1, -0.05) is 42.5 Å². The molecule has 0 aliphatic carbocycles. The third-order valence-corrected chi connectivity index (χ3v) is 10.6. The van der Waals surface area contributed by atoms with Crippen LogP contribution in [0.4, 0.5) is 17.1 Å². The third-order valence-electron chi connectivity index (χ3n) is 6.06. The molecular formula is C28H23N3O5S3. The van der Waals surface area contributed by atoms with Crippen LogP contribution in [0.15, 0.2) is 118 Å². The van der Waals surface area contributed by atoms with Crippen molar-refractivity contribution in [1.82, 2.24) is 0 Å². The van der Waals surface area contributed by atoms with Crippen molar-refractivity contribution >= 4 is 65.1 Å². The highest BCUT2D eigenvalue weighted by Crippen LogP contribution is 2.27. The van der Waals surface area contributed by atoms with Crippen LogP contribution in [0.1, 0.15) is 10.4 Å². The summed E-state index contributed by atoms with van der Waals surface area (Å²) in [5.74, 6) is -0.421. The van der Waals surface area contributed by atoms with Crippen molar-refractivity contribution < 1.29 is 21.6 Å². The van der Waals surface area contributed by atoms with E-state index in [1.165, 1.54) is 49.5 Å². The summed E-state index contributed by atoms with van der Waals surface area (Å²) < 4.78 is 55.4. The number of anilines is 3. The molecule has 5 rings (SSSR count). The molecule has 0 bridgehead atoms. The monoisotopic (exact) mass is 577 g/mol.